The Kier molecular flexibility index (Phi) is 7.27. The molecular weight excluding hydrogens is 422 g/mol. The Morgan fingerprint density at radius 1 is 1.13 bits per heavy atom. The Labute approximate surface area is 184 Å². The Morgan fingerprint density at radius 3 is 2.48 bits per heavy atom. The zero-order valence-corrected chi connectivity index (χ0v) is 18.5. The van der Waals surface area contributed by atoms with E-state index in [0.29, 0.717) is 16.9 Å². The van der Waals surface area contributed by atoms with E-state index in [9.17, 15) is 13.6 Å². The molecule has 31 heavy (non-hydrogen) atoms. The van der Waals surface area contributed by atoms with E-state index in [4.69, 9.17) is 4.74 Å². The van der Waals surface area contributed by atoms with Gasteiger partial charge in [-0.2, -0.15) is 0 Å². The van der Waals surface area contributed by atoms with Crippen molar-refractivity contribution < 1.29 is 18.3 Å². The second-order valence-electron chi connectivity index (χ2n) is 7.35. The molecule has 3 aromatic rings. The third-order valence-corrected chi connectivity index (χ3v) is 5.64. The van der Waals surface area contributed by atoms with Crippen molar-refractivity contribution >= 4 is 23.4 Å². The Balaban J connectivity index is 1.57. The first-order valence-corrected chi connectivity index (χ1v) is 10.8. The molecule has 0 saturated heterocycles. The highest BCUT2D eigenvalue weighted by Gasteiger charge is 2.19. The Morgan fingerprint density at radius 2 is 1.84 bits per heavy atom. The standard InChI is InChI=1S/C22H24F2N4O2S/c1-13(2)15-5-8-17(9-6-15)25-20(29)12-31-22-27-26-21(28(22)4)14(3)30-19-10-7-16(23)11-18(19)24/h5-11,13-14H,12H2,1-4H3,(H,25,29). The first-order chi connectivity index (χ1) is 14.7. The van der Waals surface area contributed by atoms with Crippen LogP contribution in [-0.4, -0.2) is 26.4 Å². The van der Waals surface area contributed by atoms with E-state index in [-0.39, 0.29) is 17.4 Å². The third-order valence-electron chi connectivity index (χ3n) is 4.62. The molecule has 0 bridgehead atoms. The highest BCUT2D eigenvalue weighted by Crippen LogP contribution is 2.26. The number of nitrogens with one attached hydrogen (secondary N) is 1. The first kappa shape index (κ1) is 22.7. The fraction of sp³-hybridized carbons (Fsp3) is 0.318. The van der Waals surface area contributed by atoms with Crippen LogP contribution >= 0.6 is 11.8 Å². The van der Waals surface area contributed by atoms with Gasteiger partial charge in [0.1, 0.15) is 5.82 Å². The predicted octanol–water partition coefficient (Wildman–Crippen LogP) is 5.09. The summed E-state index contributed by atoms with van der Waals surface area (Å²) in [6.07, 6.45) is -0.625. The highest BCUT2D eigenvalue weighted by molar-refractivity contribution is 7.99. The molecule has 0 aliphatic carbocycles. The van der Waals surface area contributed by atoms with Gasteiger partial charge in [0.05, 0.1) is 5.75 Å². The number of ether oxygens (including phenoxy) is 1. The van der Waals surface area contributed by atoms with Crippen molar-refractivity contribution in [2.75, 3.05) is 11.1 Å². The number of hydrogen-bond donors (Lipinski definition) is 1. The number of anilines is 1. The summed E-state index contributed by atoms with van der Waals surface area (Å²) in [4.78, 5) is 12.3. The summed E-state index contributed by atoms with van der Waals surface area (Å²) in [5.74, 6) is -0.670. The largest absolute Gasteiger partial charge is 0.480 e. The number of nitrogens with zero attached hydrogens (tertiary/aromatic N) is 3. The topological polar surface area (TPSA) is 69.0 Å². The SMILES string of the molecule is CC(C)c1ccc(NC(=O)CSc2nnc(C(C)Oc3ccc(F)cc3F)n2C)cc1. The highest BCUT2D eigenvalue weighted by atomic mass is 32.2. The van der Waals surface area contributed by atoms with Gasteiger partial charge in [0.25, 0.3) is 0 Å². The summed E-state index contributed by atoms with van der Waals surface area (Å²) in [7, 11) is 1.74. The summed E-state index contributed by atoms with van der Waals surface area (Å²) in [6, 6.07) is 10.9. The van der Waals surface area contributed by atoms with Crippen molar-refractivity contribution in [3.63, 3.8) is 0 Å². The van der Waals surface area contributed by atoms with Crippen molar-refractivity contribution in [2.24, 2.45) is 7.05 Å². The minimum atomic E-state index is -0.790. The van der Waals surface area contributed by atoms with Crippen molar-refractivity contribution in [2.45, 2.75) is 37.9 Å². The van der Waals surface area contributed by atoms with E-state index in [2.05, 4.69) is 29.4 Å². The van der Waals surface area contributed by atoms with Gasteiger partial charge >= 0.3 is 0 Å². The van der Waals surface area contributed by atoms with Gasteiger partial charge in [-0.3, -0.25) is 4.79 Å². The van der Waals surface area contributed by atoms with Gasteiger partial charge in [0.15, 0.2) is 28.7 Å². The molecule has 1 N–H and O–H groups in total. The maximum atomic E-state index is 13.8. The summed E-state index contributed by atoms with van der Waals surface area (Å²) >= 11 is 1.23. The molecule has 1 unspecified atom stereocenters. The van der Waals surface area contributed by atoms with Crippen LogP contribution < -0.4 is 10.1 Å². The van der Waals surface area contributed by atoms with E-state index in [1.807, 2.05) is 24.3 Å². The van der Waals surface area contributed by atoms with Crippen LogP contribution in [0.4, 0.5) is 14.5 Å². The molecule has 164 valence electrons. The summed E-state index contributed by atoms with van der Waals surface area (Å²) in [6.45, 7) is 5.91. The van der Waals surface area contributed by atoms with Crippen molar-refractivity contribution in [3.8, 4) is 5.75 Å². The molecule has 9 heteroatoms. The lowest BCUT2D eigenvalue weighted by Gasteiger charge is -2.14. The summed E-state index contributed by atoms with van der Waals surface area (Å²) < 4.78 is 34.1. The molecule has 0 saturated carbocycles. The van der Waals surface area contributed by atoms with Crippen LogP contribution in [0.25, 0.3) is 0 Å². The number of carbonyl (C=O) groups is 1. The molecule has 1 aromatic heterocycles. The molecule has 1 atom stereocenters. The molecule has 0 radical (unpaired) electrons. The van der Waals surface area contributed by atoms with E-state index in [0.717, 1.165) is 17.8 Å². The second-order valence-corrected chi connectivity index (χ2v) is 8.29. The van der Waals surface area contributed by atoms with Gasteiger partial charge < -0.3 is 14.6 Å². The summed E-state index contributed by atoms with van der Waals surface area (Å²) in [5, 5.41) is 11.6. The van der Waals surface area contributed by atoms with E-state index in [1.165, 1.54) is 23.4 Å². The fourth-order valence-electron chi connectivity index (χ4n) is 2.90. The second kappa shape index (κ2) is 9.91. The van der Waals surface area contributed by atoms with Gasteiger partial charge in [-0.25, -0.2) is 8.78 Å². The molecule has 6 nitrogen and oxygen atoms in total. The monoisotopic (exact) mass is 446 g/mol. The lowest BCUT2D eigenvalue weighted by molar-refractivity contribution is -0.113. The number of benzene rings is 2. The lowest BCUT2D eigenvalue weighted by Crippen LogP contribution is -2.15. The quantitative estimate of drug-likeness (QED) is 0.488. The molecule has 1 amide bonds. The number of halogens is 2. The Bertz CT molecular complexity index is 1050. The Hall–Kier alpha value is -2.94. The van der Waals surface area contributed by atoms with E-state index < -0.39 is 17.7 Å². The molecule has 0 aliphatic rings. The van der Waals surface area contributed by atoms with Gasteiger partial charge in [0, 0.05) is 18.8 Å². The smallest absolute Gasteiger partial charge is 0.234 e. The number of carbonyl (C=O) groups excluding carboxylic acids is 1. The van der Waals surface area contributed by atoms with Crippen LogP contribution in [0.2, 0.25) is 0 Å². The minimum absolute atomic E-state index is 0.0750. The molecule has 0 aliphatic heterocycles. The van der Waals surface area contributed by atoms with Crippen LogP contribution in [-0.2, 0) is 11.8 Å². The number of thioether (sulfide) groups is 1. The molecule has 1 heterocycles. The molecule has 0 spiro atoms. The van der Waals surface area contributed by atoms with Crippen LogP contribution in [0.15, 0.2) is 47.6 Å². The average Bonchev–Trinajstić information content (AvgIpc) is 3.09. The van der Waals surface area contributed by atoms with E-state index in [1.54, 1.807) is 18.5 Å². The minimum Gasteiger partial charge on any atom is -0.480 e. The fourth-order valence-corrected chi connectivity index (χ4v) is 3.62. The molecule has 0 fully saturated rings. The number of amides is 1. The zero-order valence-electron chi connectivity index (χ0n) is 17.7. The zero-order chi connectivity index (χ0) is 22.5. The number of hydrogen-bond acceptors (Lipinski definition) is 5. The van der Waals surface area contributed by atoms with Crippen LogP contribution in [0, 0.1) is 11.6 Å². The summed E-state index contributed by atoms with van der Waals surface area (Å²) in [5.41, 5.74) is 1.94. The van der Waals surface area contributed by atoms with Crippen molar-refractivity contribution in [3.05, 3.63) is 65.5 Å². The van der Waals surface area contributed by atoms with Crippen molar-refractivity contribution in [1.82, 2.24) is 14.8 Å². The van der Waals surface area contributed by atoms with Crippen molar-refractivity contribution in [1.29, 1.82) is 0 Å². The number of aromatic nitrogens is 3. The van der Waals surface area contributed by atoms with Crippen LogP contribution in [0.1, 0.15) is 44.2 Å². The normalized spacial score (nSPS) is 12.1. The van der Waals surface area contributed by atoms with Gasteiger partial charge in [-0.05, 0) is 42.7 Å². The first-order valence-electron chi connectivity index (χ1n) is 9.78. The number of rotatable bonds is 8. The maximum Gasteiger partial charge on any atom is 0.234 e. The van der Waals surface area contributed by atoms with Gasteiger partial charge in [-0.1, -0.05) is 37.7 Å². The van der Waals surface area contributed by atoms with Crippen LogP contribution in [0.5, 0.6) is 5.75 Å². The van der Waals surface area contributed by atoms with Gasteiger partial charge in [-0.15, -0.1) is 10.2 Å². The van der Waals surface area contributed by atoms with Crippen LogP contribution in [0.3, 0.4) is 0 Å². The average molecular weight is 447 g/mol. The van der Waals surface area contributed by atoms with E-state index >= 15 is 0 Å². The molecule has 3 rings (SSSR count). The molecular formula is C22H24F2N4O2S. The third kappa shape index (κ3) is 5.81. The lowest BCUT2D eigenvalue weighted by atomic mass is 10.0. The molecule has 2 aromatic carbocycles. The van der Waals surface area contributed by atoms with Gasteiger partial charge in [0.2, 0.25) is 5.91 Å². The predicted molar refractivity (Wildman–Crippen MR) is 116 cm³/mol. The maximum absolute atomic E-state index is 13.8.